The van der Waals surface area contributed by atoms with Crippen molar-refractivity contribution in [3.8, 4) is 27.9 Å². The van der Waals surface area contributed by atoms with Gasteiger partial charge in [-0.1, -0.05) is 140 Å². The number of hydrogen-bond donors (Lipinski definition) is 0. The Morgan fingerprint density at radius 2 is 1.12 bits per heavy atom. The van der Waals surface area contributed by atoms with Gasteiger partial charge in [-0.3, -0.25) is 0 Å². The van der Waals surface area contributed by atoms with E-state index in [-0.39, 0.29) is 23.1 Å². The van der Waals surface area contributed by atoms with Crippen molar-refractivity contribution in [3.63, 3.8) is 0 Å². The van der Waals surface area contributed by atoms with Gasteiger partial charge in [-0.15, -0.1) is 0 Å². The predicted octanol–water partition coefficient (Wildman–Crippen LogP) is 14.7. The lowest BCUT2D eigenvalue weighted by Crippen LogP contribution is -2.60. The van der Waals surface area contributed by atoms with Crippen LogP contribution in [0.15, 0.2) is 148 Å². The van der Waals surface area contributed by atoms with E-state index in [0.717, 1.165) is 60.9 Å². The largest absolute Gasteiger partial charge is 0.456 e. The molecule has 0 unspecified atom stereocenters. The molecule has 0 radical (unpaired) electrons. The average molecular weight is 827 g/mol. The lowest BCUT2D eigenvalue weighted by molar-refractivity contribution is 0.590. The number of para-hydroxylation sites is 2. The standard InChI is InChI=1S/C59H47BN2O2/c1-57(2,3)32-21-24-34(25-22-32)62-45-30-49-38(35-15-10-13-19-47(35)63-49)28-41(45)52-51-37-17-9-12-18-42(37)59(7,8)54(51)53-40-27-33(58(4,5)6)23-26-44(40)61-46-31-50-39(36-16-11-14-20-48(36)64-50)29-43(46)60(62)55(52)56(53)61/h9-31H,1-8H3. The minimum atomic E-state index is -0.275. The Hall–Kier alpha value is -6.98. The summed E-state index contributed by atoms with van der Waals surface area (Å²) in [7, 11) is 0. The minimum Gasteiger partial charge on any atom is -0.456 e. The van der Waals surface area contributed by atoms with Gasteiger partial charge in [0.25, 0.3) is 0 Å². The fourth-order valence-electron chi connectivity index (χ4n) is 12.2. The molecular formula is C59H47BN2O2. The third-order valence-electron chi connectivity index (χ3n) is 15.2. The molecule has 0 saturated heterocycles. The van der Waals surface area contributed by atoms with Gasteiger partial charge >= 0.3 is 6.85 Å². The van der Waals surface area contributed by atoms with Gasteiger partial charge in [0.1, 0.15) is 22.3 Å². The monoisotopic (exact) mass is 826 g/mol. The van der Waals surface area contributed by atoms with Gasteiger partial charge in [0.05, 0.1) is 11.0 Å². The van der Waals surface area contributed by atoms with Crippen molar-refractivity contribution in [2.75, 3.05) is 4.81 Å². The Bertz CT molecular complexity index is 3900. The molecule has 0 spiro atoms. The Kier molecular flexibility index (Phi) is 6.72. The first-order chi connectivity index (χ1) is 30.8. The van der Waals surface area contributed by atoms with Crippen molar-refractivity contribution in [3.05, 3.63) is 162 Å². The molecule has 0 N–H and O–H groups in total. The van der Waals surface area contributed by atoms with E-state index in [0.29, 0.717) is 0 Å². The lowest BCUT2D eigenvalue weighted by atomic mass is 9.43. The van der Waals surface area contributed by atoms with Crippen LogP contribution in [-0.4, -0.2) is 11.4 Å². The first-order valence-corrected chi connectivity index (χ1v) is 22.9. The molecule has 0 bridgehead atoms. The number of nitrogens with zero attached hydrogens (tertiary/aromatic N) is 2. The Balaban J connectivity index is 1.25. The van der Waals surface area contributed by atoms with Crippen molar-refractivity contribution < 1.29 is 8.83 Å². The van der Waals surface area contributed by atoms with Crippen LogP contribution in [0.3, 0.4) is 0 Å². The fourth-order valence-corrected chi connectivity index (χ4v) is 12.2. The van der Waals surface area contributed by atoms with E-state index in [4.69, 9.17) is 8.83 Å². The maximum Gasteiger partial charge on any atom is 0.333 e. The smallest absolute Gasteiger partial charge is 0.333 e. The SMILES string of the molecule is CC(C)(C)c1ccc(N2B3c4cc5c(cc4-n4c6ccc(C(C)(C)C)cc6c6c7c(c(c3c64)-c3cc4c(cc32)oc2ccccc24)-c2ccccc2C7(C)C)oc2ccccc25)cc1. The van der Waals surface area contributed by atoms with Crippen molar-refractivity contribution in [1.29, 1.82) is 0 Å². The molecule has 1 aliphatic carbocycles. The van der Waals surface area contributed by atoms with Crippen LogP contribution in [0.4, 0.5) is 11.4 Å². The highest BCUT2D eigenvalue weighted by molar-refractivity contribution is 6.94. The zero-order chi connectivity index (χ0) is 43.3. The zero-order valence-corrected chi connectivity index (χ0v) is 37.6. The summed E-state index contributed by atoms with van der Waals surface area (Å²) in [5.74, 6) is 0. The number of aromatic nitrogens is 1. The predicted molar refractivity (Wildman–Crippen MR) is 269 cm³/mol. The van der Waals surface area contributed by atoms with Gasteiger partial charge in [-0.2, -0.15) is 0 Å². The number of benzene rings is 8. The van der Waals surface area contributed by atoms with E-state index in [2.05, 4.69) is 204 Å². The number of anilines is 2. The van der Waals surface area contributed by atoms with Gasteiger partial charge in [-0.05, 0) is 103 Å². The molecule has 2 aliphatic heterocycles. The van der Waals surface area contributed by atoms with Crippen LogP contribution < -0.4 is 15.7 Å². The topological polar surface area (TPSA) is 34.5 Å². The Labute approximate surface area is 372 Å². The van der Waals surface area contributed by atoms with Crippen LogP contribution in [0.25, 0.3) is 93.6 Å². The Morgan fingerprint density at radius 1 is 0.516 bits per heavy atom. The van der Waals surface area contributed by atoms with Crippen molar-refractivity contribution >= 4 is 94.8 Å². The highest BCUT2D eigenvalue weighted by Crippen LogP contribution is 2.59. The summed E-state index contributed by atoms with van der Waals surface area (Å²) in [4.78, 5) is 2.64. The third-order valence-corrected chi connectivity index (χ3v) is 15.2. The van der Waals surface area contributed by atoms with Crippen molar-refractivity contribution in [1.82, 2.24) is 4.57 Å². The number of hydrogen-bond acceptors (Lipinski definition) is 3. The summed E-state index contributed by atoms with van der Waals surface area (Å²) in [6.45, 7) is 18.6. The van der Waals surface area contributed by atoms with Gasteiger partial charge in [0, 0.05) is 72.5 Å². The molecular weight excluding hydrogens is 779 g/mol. The van der Waals surface area contributed by atoms with Gasteiger partial charge in [-0.25, -0.2) is 0 Å². The molecule has 5 heterocycles. The third kappa shape index (κ3) is 4.49. The van der Waals surface area contributed by atoms with Crippen LogP contribution in [0, 0.1) is 0 Å². The molecule has 0 amide bonds. The Morgan fingerprint density at radius 3 is 1.81 bits per heavy atom. The van der Waals surface area contributed by atoms with Crippen molar-refractivity contribution in [2.45, 2.75) is 71.6 Å². The number of rotatable bonds is 1. The van der Waals surface area contributed by atoms with Gasteiger partial charge in [0.2, 0.25) is 0 Å². The second-order valence-corrected chi connectivity index (χ2v) is 21.3. The van der Waals surface area contributed by atoms with Crippen LogP contribution in [0.5, 0.6) is 0 Å². The molecule has 0 fully saturated rings. The molecule has 308 valence electrons. The molecule has 64 heavy (non-hydrogen) atoms. The quantitative estimate of drug-likeness (QED) is 0.155. The van der Waals surface area contributed by atoms with E-state index in [1.54, 1.807) is 0 Å². The fraction of sp³-hybridized carbons (Fsp3) is 0.186. The summed E-state index contributed by atoms with van der Waals surface area (Å²) >= 11 is 0. The maximum atomic E-state index is 6.79. The minimum absolute atomic E-state index is 0.0104. The lowest BCUT2D eigenvalue weighted by Gasteiger charge is -2.43. The molecule has 8 aromatic carbocycles. The summed E-state index contributed by atoms with van der Waals surface area (Å²) in [5, 5.41) is 7.21. The highest BCUT2D eigenvalue weighted by atomic mass is 16.3. The first-order valence-electron chi connectivity index (χ1n) is 22.9. The second-order valence-electron chi connectivity index (χ2n) is 21.3. The molecule has 0 saturated carbocycles. The summed E-state index contributed by atoms with van der Waals surface area (Å²) < 4.78 is 16.2. The number of furan rings is 2. The van der Waals surface area contributed by atoms with E-state index >= 15 is 0 Å². The van der Waals surface area contributed by atoms with Crippen molar-refractivity contribution in [2.24, 2.45) is 0 Å². The molecule has 14 rings (SSSR count). The van der Waals surface area contributed by atoms with Crippen LogP contribution in [0.1, 0.15) is 77.6 Å². The normalized spacial score (nSPS) is 14.9. The molecule has 5 heteroatoms. The zero-order valence-electron chi connectivity index (χ0n) is 37.6. The van der Waals surface area contributed by atoms with Gasteiger partial charge in [0.15, 0.2) is 0 Å². The highest BCUT2D eigenvalue weighted by Gasteiger charge is 2.50. The molecule has 4 nitrogen and oxygen atoms in total. The molecule has 3 aliphatic rings. The van der Waals surface area contributed by atoms with Crippen LogP contribution in [-0.2, 0) is 16.2 Å². The van der Waals surface area contributed by atoms with Crippen LogP contribution in [0.2, 0.25) is 0 Å². The van der Waals surface area contributed by atoms with E-state index < -0.39 is 0 Å². The van der Waals surface area contributed by atoms with E-state index in [9.17, 15) is 0 Å². The average Bonchev–Trinajstić information content (AvgIpc) is 4.00. The van der Waals surface area contributed by atoms with Crippen LogP contribution >= 0.6 is 0 Å². The summed E-state index contributed by atoms with van der Waals surface area (Å²) in [6, 6.07) is 52.5. The second kappa shape index (κ2) is 11.8. The molecule has 3 aromatic heterocycles. The van der Waals surface area contributed by atoms with Gasteiger partial charge < -0.3 is 18.2 Å². The maximum absolute atomic E-state index is 6.79. The van der Waals surface area contributed by atoms with E-state index in [1.807, 2.05) is 0 Å². The molecule has 11 aromatic rings. The molecule has 0 atom stereocenters. The first kappa shape index (κ1) is 36.5. The summed E-state index contributed by atoms with van der Waals surface area (Å²) in [5.41, 5.74) is 22.6. The number of fused-ring (bicyclic) bond motifs is 19. The van der Waals surface area contributed by atoms with E-state index in [1.165, 1.54) is 77.2 Å². The summed E-state index contributed by atoms with van der Waals surface area (Å²) in [6.07, 6.45) is 0.